The zero-order valence-corrected chi connectivity index (χ0v) is 17.1. The van der Waals surface area contributed by atoms with E-state index in [0.717, 1.165) is 47.7 Å². The summed E-state index contributed by atoms with van der Waals surface area (Å²) < 4.78 is 9.13. The highest BCUT2D eigenvalue weighted by atomic mass is 32.1. The topological polar surface area (TPSA) is 94.9 Å². The Labute approximate surface area is 171 Å². The number of rotatable bonds is 4. The first-order valence-electron chi connectivity index (χ1n) is 9.96. The lowest BCUT2D eigenvalue weighted by Gasteiger charge is -2.31. The first-order chi connectivity index (χ1) is 14.2. The van der Waals surface area contributed by atoms with Gasteiger partial charge >= 0.3 is 0 Å². The SMILES string of the molecule is CCn1c(N2CCCC(N)C2)nc2cnn(Cc3nsc4ccccc34)c(=O)c21. The van der Waals surface area contributed by atoms with Crippen molar-refractivity contribution < 1.29 is 0 Å². The largest absolute Gasteiger partial charge is 0.341 e. The second-order valence-corrected chi connectivity index (χ2v) is 8.28. The summed E-state index contributed by atoms with van der Waals surface area (Å²) in [6, 6.07) is 8.20. The van der Waals surface area contributed by atoms with Crippen molar-refractivity contribution in [3.63, 3.8) is 0 Å². The lowest BCUT2D eigenvalue weighted by Crippen LogP contribution is -2.44. The van der Waals surface area contributed by atoms with E-state index in [-0.39, 0.29) is 11.6 Å². The van der Waals surface area contributed by atoms with Crippen LogP contribution in [0.1, 0.15) is 25.5 Å². The van der Waals surface area contributed by atoms with Crippen molar-refractivity contribution in [2.24, 2.45) is 5.73 Å². The average molecular weight is 410 g/mol. The fourth-order valence-electron chi connectivity index (χ4n) is 4.11. The molecule has 0 amide bonds. The number of fused-ring (bicyclic) bond motifs is 2. The highest BCUT2D eigenvalue weighted by molar-refractivity contribution is 7.13. The van der Waals surface area contributed by atoms with Gasteiger partial charge in [0.15, 0.2) is 0 Å². The van der Waals surface area contributed by atoms with E-state index in [9.17, 15) is 4.79 Å². The molecule has 9 heteroatoms. The van der Waals surface area contributed by atoms with Gasteiger partial charge in [0.25, 0.3) is 5.56 Å². The number of piperidine rings is 1. The van der Waals surface area contributed by atoms with Gasteiger partial charge in [0, 0.05) is 31.1 Å². The van der Waals surface area contributed by atoms with E-state index in [1.165, 1.54) is 16.2 Å². The maximum atomic E-state index is 13.3. The van der Waals surface area contributed by atoms with Gasteiger partial charge in [-0.3, -0.25) is 4.79 Å². The molecule has 1 unspecified atom stereocenters. The van der Waals surface area contributed by atoms with Crippen LogP contribution in [0.25, 0.3) is 21.1 Å². The minimum absolute atomic E-state index is 0.138. The minimum Gasteiger partial charge on any atom is -0.341 e. The van der Waals surface area contributed by atoms with Crippen molar-refractivity contribution in [3.05, 3.63) is 46.5 Å². The monoisotopic (exact) mass is 409 g/mol. The van der Waals surface area contributed by atoms with Gasteiger partial charge in [-0.05, 0) is 37.4 Å². The first-order valence-corrected chi connectivity index (χ1v) is 10.7. The Kier molecular flexibility index (Phi) is 4.56. The molecule has 29 heavy (non-hydrogen) atoms. The lowest BCUT2D eigenvalue weighted by atomic mass is 10.1. The number of anilines is 1. The van der Waals surface area contributed by atoms with E-state index >= 15 is 0 Å². The molecule has 0 spiro atoms. The van der Waals surface area contributed by atoms with Crippen molar-refractivity contribution in [1.82, 2.24) is 23.7 Å². The molecular formula is C20H23N7OS. The molecule has 1 aliphatic heterocycles. The summed E-state index contributed by atoms with van der Waals surface area (Å²) in [5.41, 5.74) is 8.11. The third-order valence-corrected chi connectivity index (χ3v) is 6.40. The molecule has 5 rings (SSSR count). The summed E-state index contributed by atoms with van der Waals surface area (Å²) in [6.07, 6.45) is 3.75. The van der Waals surface area contributed by atoms with Crippen LogP contribution < -0.4 is 16.2 Å². The molecule has 4 aromatic rings. The Bertz CT molecular complexity index is 1240. The van der Waals surface area contributed by atoms with E-state index in [1.54, 1.807) is 6.20 Å². The van der Waals surface area contributed by atoms with E-state index in [0.29, 0.717) is 24.1 Å². The van der Waals surface area contributed by atoms with Gasteiger partial charge in [-0.1, -0.05) is 18.2 Å². The number of benzene rings is 1. The number of hydrogen-bond acceptors (Lipinski definition) is 7. The molecule has 1 atom stereocenters. The van der Waals surface area contributed by atoms with Gasteiger partial charge in [-0.25, -0.2) is 9.67 Å². The molecule has 1 saturated heterocycles. The molecule has 3 aromatic heterocycles. The smallest absolute Gasteiger partial charge is 0.293 e. The number of hydrogen-bond donors (Lipinski definition) is 1. The second-order valence-electron chi connectivity index (χ2n) is 7.47. The van der Waals surface area contributed by atoms with Crippen molar-refractivity contribution in [1.29, 1.82) is 0 Å². The summed E-state index contributed by atoms with van der Waals surface area (Å²) in [6.45, 7) is 4.71. The average Bonchev–Trinajstić information content (AvgIpc) is 3.32. The molecule has 0 radical (unpaired) electrons. The number of aromatic nitrogens is 5. The Morgan fingerprint density at radius 2 is 2.17 bits per heavy atom. The highest BCUT2D eigenvalue weighted by Crippen LogP contribution is 2.24. The lowest BCUT2D eigenvalue weighted by molar-refractivity contribution is 0.494. The normalized spacial score (nSPS) is 17.4. The van der Waals surface area contributed by atoms with Gasteiger partial charge < -0.3 is 15.2 Å². The molecule has 0 saturated carbocycles. The Morgan fingerprint density at radius 3 is 3.00 bits per heavy atom. The molecule has 1 fully saturated rings. The number of imidazole rings is 1. The molecule has 2 N–H and O–H groups in total. The standard InChI is InChI=1S/C20H23N7OS/c1-2-26-18-15(23-20(26)25-9-5-6-13(21)11-25)10-22-27(19(18)28)12-16-14-7-3-4-8-17(14)29-24-16/h3-4,7-8,10,13H,2,5-6,9,11-12,21H2,1H3. The van der Waals surface area contributed by atoms with Gasteiger partial charge in [0.2, 0.25) is 5.95 Å². The number of nitrogens with two attached hydrogens (primary N) is 1. The quantitative estimate of drug-likeness (QED) is 0.555. The summed E-state index contributed by atoms with van der Waals surface area (Å²) in [7, 11) is 0. The fraction of sp³-hybridized carbons (Fsp3) is 0.400. The van der Waals surface area contributed by atoms with Crippen molar-refractivity contribution in [3.8, 4) is 0 Å². The van der Waals surface area contributed by atoms with E-state index < -0.39 is 0 Å². The molecule has 1 aromatic carbocycles. The molecule has 1 aliphatic rings. The van der Waals surface area contributed by atoms with Crippen molar-refractivity contribution >= 4 is 38.6 Å². The van der Waals surface area contributed by atoms with Crippen LogP contribution in [0.5, 0.6) is 0 Å². The summed E-state index contributed by atoms with van der Waals surface area (Å²) in [5.74, 6) is 0.813. The Balaban J connectivity index is 1.58. The van der Waals surface area contributed by atoms with Gasteiger partial charge in [0.1, 0.15) is 11.0 Å². The number of nitrogens with zero attached hydrogens (tertiary/aromatic N) is 6. The van der Waals surface area contributed by atoms with E-state index in [4.69, 9.17) is 10.7 Å². The number of aryl methyl sites for hydroxylation is 1. The van der Waals surface area contributed by atoms with Crippen LogP contribution in [-0.4, -0.2) is 42.8 Å². The van der Waals surface area contributed by atoms with Crippen LogP contribution in [0, 0.1) is 0 Å². The molecule has 4 heterocycles. The van der Waals surface area contributed by atoms with Crippen LogP contribution in [0.3, 0.4) is 0 Å². The van der Waals surface area contributed by atoms with Crippen LogP contribution in [0.15, 0.2) is 35.3 Å². The highest BCUT2D eigenvalue weighted by Gasteiger charge is 2.24. The molecule has 8 nitrogen and oxygen atoms in total. The second kappa shape index (κ2) is 7.23. The van der Waals surface area contributed by atoms with Gasteiger partial charge in [-0.15, -0.1) is 0 Å². The summed E-state index contributed by atoms with van der Waals surface area (Å²) in [5, 5.41) is 5.45. The Hall–Kier alpha value is -2.78. The summed E-state index contributed by atoms with van der Waals surface area (Å²) in [4.78, 5) is 20.2. The van der Waals surface area contributed by atoms with Gasteiger partial charge in [0.05, 0.1) is 23.1 Å². The van der Waals surface area contributed by atoms with Crippen LogP contribution in [0.2, 0.25) is 0 Å². The van der Waals surface area contributed by atoms with Crippen molar-refractivity contribution in [2.45, 2.75) is 38.9 Å². The zero-order valence-electron chi connectivity index (χ0n) is 16.3. The third-order valence-electron chi connectivity index (χ3n) is 5.54. The van der Waals surface area contributed by atoms with Crippen molar-refractivity contribution in [2.75, 3.05) is 18.0 Å². The maximum Gasteiger partial charge on any atom is 0.293 e. The third kappa shape index (κ3) is 3.10. The van der Waals surface area contributed by atoms with Crippen LogP contribution in [0.4, 0.5) is 5.95 Å². The predicted octanol–water partition coefficient (Wildman–Crippen LogP) is 2.20. The minimum atomic E-state index is -0.138. The predicted molar refractivity (Wildman–Crippen MR) is 116 cm³/mol. The zero-order chi connectivity index (χ0) is 20.0. The van der Waals surface area contributed by atoms with Crippen LogP contribution in [-0.2, 0) is 13.1 Å². The van der Waals surface area contributed by atoms with Gasteiger partial charge in [-0.2, -0.15) is 9.47 Å². The van der Waals surface area contributed by atoms with E-state index in [1.807, 2.05) is 35.8 Å². The molecule has 0 aliphatic carbocycles. The summed E-state index contributed by atoms with van der Waals surface area (Å²) >= 11 is 1.44. The molecule has 150 valence electrons. The fourth-order valence-corrected chi connectivity index (χ4v) is 4.90. The molecule has 0 bridgehead atoms. The molecular weight excluding hydrogens is 386 g/mol. The Morgan fingerprint density at radius 1 is 1.31 bits per heavy atom. The van der Waals surface area contributed by atoms with Crippen LogP contribution >= 0.6 is 11.5 Å². The maximum absolute atomic E-state index is 13.3. The van der Waals surface area contributed by atoms with E-state index in [2.05, 4.69) is 14.4 Å². The first kappa shape index (κ1) is 18.3.